The number of amides is 1. The SMILES string of the molecule is Cc1nn(C)cc1C(=O)N[C@H]1CN(S(=O)(=O)C2CC2)CC[C@H]1c1ccccc1. The Morgan fingerprint density at radius 1 is 1.18 bits per heavy atom. The van der Waals surface area contributed by atoms with Gasteiger partial charge in [-0.15, -0.1) is 0 Å². The number of benzene rings is 1. The molecule has 1 aromatic heterocycles. The molecule has 1 aromatic carbocycles. The van der Waals surface area contributed by atoms with Crippen molar-refractivity contribution in [1.82, 2.24) is 19.4 Å². The number of aromatic nitrogens is 2. The third kappa shape index (κ3) is 3.71. The summed E-state index contributed by atoms with van der Waals surface area (Å²) in [6, 6.07) is 9.73. The maximum atomic E-state index is 12.9. The molecule has 2 fully saturated rings. The number of piperidine rings is 1. The molecule has 150 valence electrons. The molecule has 7 nitrogen and oxygen atoms in total. The van der Waals surface area contributed by atoms with Gasteiger partial charge >= 0.3 is 0 Å². The van der Waals surface area contributed by atoms with E-state index in [1.165, 1.54) is 0 Å². The Bertz CT molecular complexity index is 967. The molecule has 4 rings (SSSR count). The van der Waals surface area contributed by atoms with Gasteiger partial charge in [-0.2, -0.15) is 9.40 Å². The van der Waals surface area contributed by atoms with E-state index in [1.807, 2.05) is 30.3 Å². The first-order valence-corrected chi connectivity index (χ1v) is 11.2. The highest BCUT2D eigenvalue weighted by Crippen LogP contribution is 2.35. The molecule has 0 bridgehead atoms. The van der Waals surface area contributed by atoms with E-state index in [1.54, 1.807) is 29.2 Å². The molecule has 0 unspecified atom stereocenters. The Labute approximate surface area is 165 Å². The van der Waals surface area contributed by atoms with Crippen LogP contribution in [0.15, 0.2) is 36.5 Å². The first-order chi connectivity index (χ1) is 13.4. The second-order valence-corrected chi connectivity index (χ2v) is 10.0. The molecule has 1 amide bonds. The van der Waals surface area contributed by atoms with E-state index in [2.05, 4.69) is 10.4 Å². The van der Waals surface area contributed by atoms with Crippen LogP contribution in [0.2, 0.25) is 0 Å². The van der Waals surface area contributed by atoms with Crippen LogP contribution in [0.1, 0.15) is 46.8 Å². The van der Waals surface area contributed by atoms with Crippen LogP contribution in [0.3, 0.4) is 0 Å². The van der Waals surface area contributed by atoms with E-state index in [0.717, 1.165) is 18.4 Å². The molecule has 2 heterocycles. The third-order valence-electron chi connectivity index (χ3n) is 5.68. The predicted octanol–water partition coefficient (Wildman–Crippen LogP) is 1.81. The number of rotatable bonds is 5. The Hall–Kier alpha value is -2.19. The third-order valence-corrected chi connectivity index (χ3v) is 8.05. The maximum Gasteiger partial charge on any atom is 0.255 e. The highest BCUT2D eigenvalue weighted by molar-refractivity contribution is 7.90. The van der Waals surface area contributed by atoms with Crippen LogP contribution < -0.4 is 5.32 Å². The summed E-state index contributed by atoms with van der Waals surface area (Å²) in [5.74, 6) is -0.130. The minimum atomic E-state index is -3.27. The largest absolute Gasteiger partial charge is 0.347 e. The van der Waals surface area contributed by atoms with Crippen LogP contribution in [0, 0.1) is 6.92 Å². The zero-order chi connectivity index (χ0) is 19.9. The van der Waals surface area contributed by atoms with Gasteiger partial charge in [0.25, 0.3) is 5.91 Å². The molecule has 1 N–H and O–H groups in total. The van der Waals surface area contributed by atoms with Crippen LogP contribution in [0.5, 0.6) is 0 Å². The van der Waals surface area contributed by atoms with Crippen LogP contribution in [-0.4, -0.2) is 52.8 Å². The van der Waals surface area contributed by atoms with Crippen LogP contribution in [0.25, 0.3) is 0 Å². The van der Waals surface area contributed by atoms with Gasteiger partial charge in [0.05, 0.1) is 16.5 Å². The van der Waals surface area contributed by atoms with Gasteiger partial charge in [-0.1, -0.05) is 30.3 Å². The lowest BCUT2D eigenvalue weighted by Gasteiger charge is -2.38. The van der Waals surface area contributed by atoms with Crippen molar-refractivity contribution in [3.05, 3.63) is 53.3 Å². The van der Waals surface area contributed by atoms with Crippen LogP contribution in [0.4, 0.5) is 0 Å². The van der Waals surface area contributed by atoms with Crippen LogP contribution >= 0.6 is 0 Å². The molecular formula is C20H26N4O3S. The van der Waals surface area contributed by atoms with Crippen molar-refractivity contribution in [3.8, 4) is 0 Å². The van der Waals surface area contributed by atoms with E-state index < -0.39 is 10.0 Å². The summed E-state index contributed by atoms with van der Waals surface area (Å²) in [4.78, 5) is 12.9. The van der Waals surface area contributed by atoms with E-state index in [4.69, 9.17) is 0 Å². The van der Waals surface area contributed by atoms with E-state index in [9.17, 15) is 13.2 Å². The topological polar surface area (TPSA) is 84.3 Å². The molecule has 0 spiro atoms. The first kappa shape index (κ1) is 19.1. The lowest BCUT2D eigenvalue weighted by molar-refractivity contribution is 0.0911. The van der Waals surface area contributed by atoms with Gasteiger partial charge in [0, 0.05) is 38.3 Å². The summed E-state index contributed by atoms with van der Waals surface area (Å²) >= 11 is 0. The molecule has 0 radical (unpaired) electrons. The van der Waals surface area contributed by atoms with Crippen molar-refractivity contribution < 1.29 is 13.2 Å². The number of hydrogen-bond acceptors (Lipinski definition) is 4. The smallest absolute Gasteiger partial charge is 0.255 e. The Kier molecular flexibility index (Phi) is 5.01. The zero-order valence-corrected chi connectivity index (χ0v) is 17.0. The molecule has 1 saturated heterocycles. The zero-order valence-electron chi connectivity index (χ0n) is 16.2. The lowest BCUT2D eigenvalue weighted by atomic mass is 9.86. The van der Waals surface area contributed by atoms with Gasteiger partial charge in [0.1, 0.15) is 0 Å². The van der Waals surface area contributed by atoms with Crippen molar-refractivity contribution in [2.45, 2.75) is 43.4 Å². The number of aryl methyl sites for hydroxylation is 2. The molecule has 2 aromatic rings. The highest BCUT2D eigenvalue weighted by Gasteiger charge is 2.44. The fraction of sp³-hybridized carbons (Fsp3) is 0.500. The monoisotopic (exact) mass is 402 g/mol. The van der Waals surface area contributed by atoms with E-state index in [0.29, 0.717) is 30.8 Å². The average Bonchev–Trinajstić information content (AvgIpc) is 3.47. The summed E-state index contributed by atoms with van der Waals surface area (Å²) in [5, 5.41) is 7.10. The lowest BCUT2D eigenvalue weighted by Crippen LogP contribution is -2.53. The molecule has 28 heavy (non-hydrogen) atoms. The minimum absolute atomic E-state index is 0.0766. The fourth-order valence-electron chi connectivity index (χ4n) is 4.04. The van der Waals surface area contributed by atoms with Gasteiger partial charge in [-0.05, 0) is 31.7 Å². The van der Waals surface area contributed by atoms with Crippen LogP contribution in [-0.2, 0) is 17.1 Å². The Morgan fingerprint density at radius 2 is 1.89 bits per heavy atom. The molecule has 1 aliphatic heterocycles. The highest BCUT2D eigenvalue weighted by atomic mass is 32.2. The molecule has 2 atom stereocenters. The second-order valence-electron chi connectivity index (χ2n) is 7.79. The number of carbonyl (C=O) groups is 1. The molecule has 1 aliphatic carbocycles. The van der Waals surface area contributed by atoms with Gasteiger partial charge in [-0.25, -0.2) is 8.42 Å². The number of hydrogen-bond donors (Lipinski definition) is 1. The van der Waals surface area contributed by atoms with Crippen molar-refractivity contribution in [3.63, 3.8) is 0 Å². The number of nitrogens with zero attached hydrogens (tertiary/aromatic N) is 3. The molecule has 1 saturated carbocycles. The van der Waals surface area contributed by atoms with Gasteiger partial charge in [0.2, 0.25) is 10.0 Å². The normalized spacial score (nSPS) is 23.5. The Balaban J connectivity index is 1.59. The quantitative estimate of drug-likeness (QED) is 0.827. The standard InChI is InChI=1S/C20H26N4O3S/c1-14-18(12-23(2)22-14)20(25)21-19-13-24(28(26,27)16-8-9-16)11-10-17(19)15-6-4-3-5-7-15/h3-7,12,16-17,19H,8-11,13H2,1-2H3,(H,21,25)/t17-,19-/m0/s1. The van der Waals surface area contributed by atoms with E-state index in [-0.39, 0.29) is 23.1 Å². The molecule has 8 heteroatoms. The van der Waals surface area contributed by atoms with Crippen molar-refractivity contribution in [1.29, 1.82) is 0 Å². The predicted molar refractivity (Wildman–Crippen MR) is 107 cm³/mol. The van der Waals surface area contributed by atoms with Gasteiger partial charge in [0.15, 0.2) is 0 Å². The summed E-state index contributed by atoms with van der Waals surface area (Å²) in [5.41, 5.74) is 2.31. The summed E-state index contributed by atoms with van der Waals surface area (Å²) in [6.07, 6.45) is 3.87. The molecular weight excluding hydrogens is 376 g/mol. The minimum Gasteiger partial charge on any atom is -0.347 e. The average molecular weight is 403 g/mol. The van der Waals surface area contributed by atoms with Gasteiger partial charge in [-0.3, -0.25) is 9.48 Å². The molecule has 2 aliphatic rings. The van der Waals surface area contributed by atoms with Crippen molar-refractivity contribution >= 4 is 15.9 Å². The fourth-order valence-corrected chi connectivity index (χ4v) is 5.93. The van der Waals surface area contributed by atoms with Gasteiger partial charge < -0.3 is 5.32 Å². The first-order valence-electron chi connectivity index (χ1n) is 9.71. The maximum absolute atomic E-state index is 12.9. The summed E-state index contributed by atoms with van der Waals surface area (Å²) in [6.45, 7) is 2.61. The second kappa shape index (κ2) is 7.33. The summed E-state index contributed by atoms with van der Waals surface area (Å²) < 4.78 is 28.7. The van der Waals surface area contributed by atoms with Crippen molar-refractivity contribution in [2.75, 3.05) is 13.1 Å². The Morgan fingerprint density at radius 3 is 2.50 bits per heavy atom. The number of carbonyl (C=O) groups excluding carboxylic acids is 1. The summed E-state index contributed by atoms with van der Waals surface area (Å²) in [7, 11) is -1.49. The van der Waals surface area contributed by atoms with Crippen molar-refractivity contribution in [2.24, 2.45) is 7.05 Å². The number of nitrogens with one attached hydrogen (secondary N) is 1. The number of sulfonamides is 1. The van der Waals surface area contributed by atoms with E-state index >= 15 is 0 Å².